The minimum Gasteiger partial charge on any atom is -0.339 e. The number of carbonyl (C=O) groups is 1. The molecule has 1 aromatic carbocycles. The second-order valence-electron chi connectivity index (χ2n) is 5.77. The SMILES string of the molecule is CN1C(=O)CC(c2nc(-c3ccsn3)no2)C1c1ccc(Cl)c(Cl)c1. The average molecular weight is 395 g/mol. The van der Waals surface area contributed by atoms with E-state index in [2.05, 4.69) is 14.5 Å². The molecule has 2 unspecified atom stereocenters. The van der Waals surface area contributed by atoms with Crippen molar-refractivity contribution >= 4 is 40.6 Å². The number of amides is 1. The molecule has 128 valence electrons. The fraction of sp³-hybridized carbons (Fsp3) is 0.250. The van der Waals surface area contributed by atoms with E-state index in [-0.39, 0.29) is 17.9 Å². The number of hydrogen-bond donors (Lipinski definition) is 0. The molecule has 2 aromatic heterocycles. The Morgan fingerprint density at radius 2 is 2.12 bits per heavy atom. The maximum atomic E-state index is 12.3. The van der Waals surface area contributed by atoms with E-state index < -0.39 is 0 Å². The van der Waals surface area contributed by atoms with E-state index in [4.69, 9.17) is 27.7 Å². The highest BCUT2D eigenvalue weighted by atomic mass is 35.5. The van der Waals surface area contributed by atoms with Crippen molar-refractivity contribution in [2.75, 3.05) is 7.05 Å². The Bertz CT molecular complexity index is 928. The number of aromatic nitrogens is 3. The summed E-state index contributed by atoms with van der Waals surface area (Å²) < 4.78 is 9.64. The lowest BCUT2D eigenvalue weighted by molar-refractivity contribution is -0.127. The van der Waals surface area contributed by atoms with Crippen LogP contribution < -0.4 is 0 Å². The van der Waals surface area contributed by atoms with Crippen LogP contribution in [-0.4, -0.2) is 32.4 Å². The van der Waals surface area contributed by atoms with Crippen LogP contribution in [-0.2, 0) is 4.79 Å². The van der Waals surface area contributed by atoms with Gasteiger partial charge in [-0.15, -0.1) is 0 Å². The van der Waals surface area contributed by atoms with Crippen molar-refractivity contribution in [2.45, 2.75) is 18.4 Å². The van der Waals surface area contributed by atoms with Gasteiger partial charge in [0.15, 0.2) is 0 Å². The molecule has 1 fully saturated rings. The number of rotatable bonds is 3. The normalized spacial score (nSPS) is 20.4. The van der Waals surface area contributed by atoms with E-state index in [1.54, 1.807) is 24.1 Å². The van der Waals surface area contributed by atoms with E-state index in [0.29, 0.717) is 33.9 Å². The van der Waals surface area contributed by atoms with Crippen molar-refractivity contribution in [3.8, 4) is 11.5 Å². The van der Waals surface area contributed by atoms with Gasteiger partial charge in [0.05, 0.1) is 22.0 Å². The first-order valence-electron chi connectivity index (χ1n) is 7.49. The topological polar surface area (TPSA) is 72.1 Å². The predicted octanol–water partition coefficient (Wildman–Crippen LogP) is 4.19. The third kappa shape index (κ3) is 2.92. The fourth-order valence-corrected chi connectivity index (χ4v) is 3.87. The van der Waals surface area contributed by atoms with E-state index in [0.717, 1.165) is 5.56 Å². The third-order valence-corrected chi connectivity index (χ3v) is 5.60. The van der Waals surface area contributed by atoms with Gasteiger partial charge in [0.1, 0.15) is 5.69 Å². The van der Waals surface area contributed by atoms with Gasteiger partial charge in [-0.2, -0.15) is 9.36 Å². The summed E-state index contributed by atoms with van der Waals surface area (Å²) in [5, 5.41) is 6.75. The fourth-order valence-electron chi connectivity index (χ4n) is 3.06. The molecule has 2 atom stereocenters. The molecule has 0 spiro atoms. The van der Waals surface area contributed by atoms with E-state index >= 15 is 0 Å². The maximum Gasteiger partial charge on any atom is 0.233 e. The lowest BCUT2D eigenvalue weighted by Gasteiger charge is -2.24. The Hall–Kier alpha value is -1.96. The number of likely N-dealkylation sites (tertiary alicyclic amines) is 1. The molecule has 9 heteroatoms. The summed E-state index contributed by atoms with van der Waals surface area (Å²) in [5.41, 5.74) is 1.53. The summed E-state index contributed by atoms with van der Waals surface area (Å²) in [5.74, 6) is 0.590. The van der Waals surface area contributed by atoms with Gasteiger partial charge < -0.3 is 9.42 Å². The maximum absolute atomic E-state index is 12.3. The van der Waals surface area contributed by atoms with Crippen LogP contribution in [0.1, 0.15) is 29.8 Å². The van der Waals surface area contributed by atoms with Gasteiger partial charge in [0.2, 0.25) is 17.6 Å². The molecule has 0 N–H and O–H groups in total. The van der Waals surface area contributed by atoms with Crippen LogP contribution in [0.25, 0.3) is 11.5 Å². The molecule has 1 saturated heterocycles. The third-order valence-electron chi connectivity index (χ3n) is 4.30. The summed E-state index contributed by atoms with van der Waals surface area (Å²) >= 11 is 13.5. The van der Waals surface area contributed by atoms with Crippen LogP contribution in [0.3, 0.4) is 0 Å². The molecular weight excluding hydrogens is 383 g/mol. The van der Waals surface area contributed by atoms with Gasteiger partial charge in [0, 0.05) is 18.8 Å². The summed E-state index contributed by atoms with van der Waals surface area (Å²) in [6.07, 6.45) is 0.292. The van der Waals surface area contributed by atoms with Crippen LogP contribution in [0.5, 0.6) is 0 Å². The Morgan fingerprint density at radius 1 is 1.28 bits per heavy atom. The molecule has 3 aromatic rings. The second kappa shape index (κ2) is 6.40. The van der Waals surface area contributed by atoms with Crippen LogP contribution in [0, 0.1) is 0 Å². The largest absolute Gasteiger partial charge is 0.339 e. The zero-order valence-corrected chi connectivity index (χ0v) is 15.3. The molecule has 0 aliphatic carbocycles. The number of likely N-dealkylation sites (N-methyl/N-ethyl adjacent to an activating group) is 1. The van der Waals surface area contributed by atoms with Crippen molar-refractivity contribution in [3.05, 3.63) is 51.1 Å². The second-order valence-corrected chi connectivity index (χ2v) is 7.25. The van der Waals surface area contributed by atoms with Crippen LogP contribution in [0.15, 0.2) is 34.2 Å². The average Bonchev–Trinajstić information content (AvgIpc) is 3.31. The minimum absolute atomic E-state index is 0.00878. The van der Waals surface area contributed by atoms with Gasteiger partial charge in [-0.05, 0) is 35.3 Å². The zero-order chi connectivity index (χ0) is 17.6. The highest BCUT2D eigenvalue weighted by Crippen LogP contribution is 2.44. The first-order valence-corrected chi connectivity index (χ1v) is 9.09. The van der Waals surface area contributed by atoms with Crippen LogP contribution >= 0.6 is 34.7 Å². The van der Waals surface area contributed by atoms with Gasteiger partial charge in [-0.3, -0.25) is 4.79 Å². The van der Waals surface area contributed by atoms with Crippen molar-refractivity contribution in [1.29, 1.82) is 0 Å². The van der Waals surface area contributed by atoms with Crippen LogP contribution in [0.2, 0.25) is 10.0 Å². The molecule has 1 aliphatic heterocycles. The van der Waals surface area contributed by atoms with Gasteiger partial charge >= 0.3 is 0 Å². The smallest absolute Gasteiger partial charge is 0.233 e. The lowest BCUT2D eigenvalue weighted by atomic mass is 9.93. The number of benzene rings is 1. The molecule has 1 aliphatic rings. The Morgan fingerprint density at radius 3 is 2.84 bits per heavy atom. The molecule has 1 amide bonds. The zero-order valence-electron chi connectivity index (χ0n) is 13.0. The molecule has 0 saturated carbocycles. The molecule has 3 heterocycles. The quantitative estimate of drug-likeness (QED) is 0.665. The highest BCUT2D eigenvalue weighted by molar-refractivity contribution is 7.03. The first-order chi connectivity index (χ1) is 12.0. The number of nitrogens with zero attached hydrogens (tertiary/aromatic N) is 4. The molecule has 0 radical (unpaired) electrons. The van der Waals surface area contributed by atoms with Gasteiger partial charge in [0.25, 0.3) is 0 Å². The standard InChI is InChI=1S/C16H12Cl2N4O2S/c1-22-13(23)7-9(14(22)8-2-3-10(17)11(18)6-8)16-19-15(20-24-16)12-4-5-25-21-12/h2-6,9,14H,7H2,1H3. The van der Waals surface area contributed by atoms with Gasteiger partial charge in [-0.25, -0.2) is 0 Å². The highest BCUT2D eigenvalue weighted by Gasteiger charge is 2.42. The summed E-state index contributed by atoms with van der Waals surface area (Å²) in [7, 11) is 1.76. The van der Waals surface area contributed by atoms with Crippen molar-refractivity contribution in [1.82, 2.24) is 19.4 Å². The summed E-state index contributed by atoms with van der Waals surface area (Å²) in [6, 6.07) is 6.93. The van der Waals surface area contributed by atoms with Crippen molar-refractivity contribution in [2.24, 2.45) is 0 Å². The predicted molar refractivity (Wildman–Crippen MR) is 94.7 cm³/mol. The summed E-state index contributed by atoms with van der Waals surface area (Å²) in [6.45, 7) is 0. The number of hydrogen-bond acceptors (Lipinski definition) is 6. The van der Waals surface area contributed by atoms with Gasteiger partial charge in [-0.1, -0.05) is 34.4 Å². The summed E-state index contributed by atoms with van der Waals surface area (Å²) in [4.78, 5) is 18.4. The van der Waals surface area contributed by atoms with Crippen LogP contribution in [0.4, 0.5) is 0 Å². The molecular formula is C16H12Cl2N4O2S. The molecule has 25 heavy (non-hydrogen) atoms. The minimum atomic E-state index is -0.255. The molecule has 6 nitrogen and oxygen atoms in total. The lowest BCUT2D eigenvalue weighted by Crippen LogP contribution is -2.24. The Labute approximate surface area is 157 Å². The van der Waals surface area contributed by atoms with E-state index in [1.807, 2.05) is 17.5 Å². The first kappa shape index (κ1) is 16.5. The monoisotopic (exact) mass is 394 g/mol. The number of halogens is 2. The van der Waals surface area contributed by atoms with E-state index in [1.165, 1.54) is 11.5 Å². The molecule has 0 bridgehead atoms. The van der Waals surface area contributed by atoms with Crippen molar-refractivity contribution < 1.29 is 9.32 Å². The van der Waals surface area contributed by atoms with E-state index in [9.17, 15) is 4.79 Å². The molecule has 4 rings (SSSR count). The Balaban J connectivity index is 1.72. The Kier molecular flexibility index (Phi) is 4.23. The van der Waals surface area contributed by atoms with Crippen molar-refractivity contribution in [3.63, 3.8) is 0 Å². The number of carbonyl (C=O) groups excluding carboxylic acids is 1.